The van der Waals surface area contributed by atoms with Gasteiger partial charge in [-0.15, -0.1) is 0 Å². The Bertz CT molecular complexity index is 1050. The number of nitrogens with zero attached hydrogens (tertiary/aromatic N) is 2. The molecule has 2 aliphatic heterocycles. The molecule has 2 fully saturated rings. The molecule has 0 aromatic heterocycles. The van der Waals surface area contributed by atoms with Crippen molar-refractivity contribution in [2.45, 2.75) is 87.8 Å². The third-order valence-electron chi connectivity index (χ3n) is 10.4. The fourth-order valence-electron chi connectivity index (χ4n) is 6.14. The van der Waals surface area contributed by atoms with E-state index >= 15 is 0 Å². The minimum atomic E-state index is -0.332. The Morgan fingerprint density at radius 1 is 1.03 bits per heavy atom. The molecule has 2 atom stereocenters. The van der Waals surface area contributed by atoms with Crippen molar-refractivity contribution in [2.75, 3.05) is 26.2 Å². The number of imide groups is 1. The van der Waals surface area contributed by atoms with E-state index in [1.165, 1.54) is 4.90 Å². The standard InChI is InChI=1S/C32H50N2O4/c1-22(21-30(5,6)32(9,10)31(7,8)29(2,3)4)18-24-20-26(36)34(27(24)37)15-14-33-16-17-38-28(33)23-12-11-13-25(35)19-23/h11-13,19,24,28,35H,1,14-18,20-21H2,2-10H3. The summed E-state index contributed by atoms with van der Waals surface area (Å²) >= 11 is 0. The van der Waals surface area contributed by atoms with Gasteiger partial charge in [-0.05, 0) is 52.2 Å². The Labute approximate surface area is 230 Å². The highest BCUT2D eigenvalue weighted by molar-refractivity contribution is 6.03. The summed E-state index contributed by atoms with van der Waals surface area (Å²) in [7, 11) is 0. The van der Waals surface area contributed by atoms with E-state index in [4.69, 9.17) is 4.74 Å². The van der Waals surface area contributed by atoms with E-state index in [0.717, 1.165) is 17.6 Å². The number of phenolic OH excluding ortho intramolecular Hbond substituents is 1. The van der Waals surface area contributed by atoms with Gasteiger partial charge in [0.05, 0.1) is 12.5 Å². The highest BCUT2D eigenvalue weighted by atomic mass is 16.5. The van der Waals surface area contributed by atoms with Crippen molar-refractivity contribution >= 4 is 11.8 Å². The predicted octanol–water partition coefficient (Wildman–Crippen LogP) is 6.56. The normalized spacial score (nSPS) is 22.0. The lowest BCUT2D eigenvalue weighted by Crippen LogP contribution is -2.51. The van der Waals surface area contributed by atoms with Crippen molar-refractivity contribution in [3.05, 3.63) is 42.0 Å². The van der Waals surface area contributed by atoms with E-state index in [1.54, 1.807) is 18.2 Å². The number of amides is 2. The number of hydrogen-bond acceptors (Lipinski definition) is 5. The molecular weight excluding hydrogens is 476 g/mol. The van der Waals surface area contributed by atoms with Crippen molar-refractivity contribution in [3.63, 3.8) is 0 Å². The molecule has 1 aromatic carbocycles. The largest absolute Gasteiger partial charge is 0.508 e. The number of phenols is 1. The first-order valence-corrected chi connectivity index (χ1v) is 14.0. The van der Waals surface area contributed by atoms with Crippen molar-refractivity contribution in [2.24, 2.45) is 27.6 Å². The first-order valence-electron chi connectivity index (χ1n) is 14.0. The molecule has 2 saturated heterocycles. The minimum Gasteiger partial charge on any atom is -0.508 e. The average Bonchev–Trinajstić information content (AvgIpc) is 3.35. The molecule has 0 bridgehead atoms. The van der Waals surface area contributed by atoms with Gasteiger partial charge in [-0.2, -0.15) is 0 Å². The molecule has 0 saturated carbocycles. The van der Waals surface area contributed by atoms with Gasteiger partial charge in [0.15, 0.2) is 0 Å². The van der Waals surface area contributed by atoms with Crippen LogP contribution in [0.2, 0.25) is 0 Å². The van der Waals surface area contributed by atoms with Crippen LogP contribution >= 0.6 is 0 Å². The fourth-order valence-corrected chi connectivity index (χ4v) is 6.14. The second kappa shape index (κ2) is 10.8. The van der Waals surface area contributed by atoms with Crippen LogP contribution in [0.5, 0.6) is 5.75 Å². The Morgan fingerprint density at radius 3 is 2.29 bits per heavy atom. The SMILES string of the molecule is C=C(CC1CC(=O)N(CCN2CCOC2c2cccc(O)c2)C1=O)CC(C)(C)C(C)(C)C(C)(C)C(C)(C)C. The maximum Gasteiger partial charge on any atom is 0.233 e. The zero-order valence-electron chi connectivity index (χ0n) is 25.2. The second-order valence-corrected chi connectivity index (χ2v) is 14.2. The van der Waals surface area contributed by atoms with Crippen LogP contribution in [0.25, 0.3) is 0 Å². The van der Waals surface area contributed by atoms with E-state index in [1.807, 2.05) is 6.07 Å². The van der Waals surface area contributed by atoms with Gasteiger partial charge in [-0.1, -0.05) is 86.6 Å². The first-order chi connectivity index (χ1) is 17.4. The van der Waals surface area contributed by atoms with E-state index in [-0.39, 0.29) is 57.8 Å². The van der Waals surface area contributed by atoms with Crippen molar-refractivity contribution in [1.29, 1.82) is 0 Å². The van der Waals surface area contributed by atoms with Crippen LogP contribution < -0.4 is 0 Å². The van der Waals surface area contributed by atoms with Crippen LogP contribution in [0.4, 0.5) is 0 Å². The smallest absolute Gasteiger partial charge is 0.233 e. The molecule has 38 heavy (non-hydrogen) atoms. The maximum atomic E-state index is 13.3. The minimum absolute atomic E-state index is 0.00656. The van der Waals surface area contributed by atoms with Gasteiger partial charge in [0.25, 0.3) is 0 Å². The van der Waals surface area contributed by atoms with Gasteiger partial charge >= 0.3 is 0 Å². The van der Waals surface area contributed by atoms with E-state index in [2.05, 4.69) is 73.8 Å². The number of carbonyl (C=O) groups is 2. The number of rotatable bonds is 10. The van der Waals surface area contributed by atoms with Gasteiger partial charge in [-0.25, -0.2) is 0 Å². The Morgan fingerprint density at radius 2 is 1.68 bits per heavy atom. The molecule has 0 radical (unpaired) electrons. The summed E-state index contributed by atoms with van der Waals surface area (Å²) in [5.41, 5.74) is 2.07. The molecule has 2 amide bonds. The summed E-state index contributed by atoms with van der Waals surface area (Å²) in [5, 5.41) is 9.84. The highest BCUT2D eigenvalue weighted by Crippen LogP contribution is 2.60. The van der Waals surface area contributed by atoms with E-state index in [0.29, 0.717) is 32.7 Å². The summed E-state index contributed by atoms with van der Waals surface area (Å²) in [6.45, 7) is 27.5. The molecule has 2 aliphatic rings. The molecule has 2 heterocycles. The molecule has 3 rings (SSSR count). The Kier molecular flexibility index (Phi) is 8.60. The molecule has 6 nitrogen and oxygen atoms in total. The zero-order chi connectivity index (χ0) is 28.7. The Hall–Kier alpha value is -2.18. The van der Waals surface area contributed by atoms with Gasteiger partial charge in [0.1, 0.15) is 12.0 Å². The third-order valence-corrected chi connectivity index (χ3v) is 10.4. The molecule has 0 spiro atoms. The lowest BCUT2D eigenvalue weighted by Gasteiger charge is -2.58. The summed E-state index contributed by atoms with van der Waals surface area (Å²) in [4.78, 5) is 29.7. The molecule has 0 aliphatic carbocycles. The summed E-state index contributed by atoms with van der Waals surface area (Å²) in [6, 6.07) is 7.04. The lowest BCUT2D eigenvalue weighted by atomic mass is 9.47. The van der Waals surface area contributed by atoms with Crippen molar-refractivity contribution in [3.8, 4) is 5.75 Å². The van der Waals surface area contributed by atoms with Crippen molar-refractivity contribution < 1.29 is 19.4 Å². The fraction of sp³-hybridized carbons (Fsp3) is 0.688. The van der Waals surface area contributed by atoms with Crippen LogP contribution in [0, 0.1) is 27.6 Å². The number of benzene rings is 1. The first kappa shape index (κ1) is 30.4. The summed E-state index contributed by atoms with van der Waals surface area (Å²) in [6.07, 6.45) is 1.33. The highest BCUT2D eigenvalue weighted by Gasteiger charge is 2.53. The van der Waals surface area contributed by atoms with Crippen molar-refractivity contribution in [1.82, 2.24) is 9.80 Å². The molecule has 212 valence electrons. The Balaban J connectivity index is 1.60. The van der Waals surface area contributed by atoms with E-state index in [9.17, 15) is 14.7 Å². The van der Waals surface area contributed by atoms with Crippen LogP contribution in [-0.4, -0.2) is 53.0 Å². The van der Waals surface area contributed by atoms with Crippen LogP contribution in [0.3, 0.4) is 0 Å². The molecule has 1 N–H and O–H groups in total. The number of likely N-dealkylation sites (tertiary alicyclic amines) is 1. The third kappa shape index (κ3) is 5.86. The number of aromatic hydroxyl groups is 1. The maximum absolute atomic E-state index is 13.3. The number of hydrogen-bond donors (Lipinski definition) is 1. The van der Waals surface area contributed by atoms with Gasteiger partial charge in [-0.3, -0.25) is 19.4 Å². The van der Waals surface area contributed by atoms with Gasteiger partial charge in [0, 0.05) is 26.1 Å². The van der Waals surface area contributed by atoms with Gasteiger partial charge in [0.2, 0.25) is 11.8 Å². The van der Waals surface area contributed by atoms with Gasteiger partial charge < -0.3 is 9.84 Å². The summed E-state index contributed by atoms with van der Waals surface area (Å²) < 4.78 is 5.88. The van der Waals surface area contributed by atoms with E-state index < -0.39 is 0 Å². The predicted molar refractivity (Wildman–Crippen MR) is 152 cm³/mol. The average molecular weight is 527 g/mol. The molecule has 6 heteroatoms. The zero-order valence-corrected chi connectivity index (χ0v) is 25.2. The number of ether oxygens (including phenoxy) is 1. The number of carbonyl (C=O) groups excluding carboxylic acids is 2. The van der Waals surface area contributed by atoms with Crippen LogP contribution in [-0.2, 0) is 14.3 Å². The van der Waals surface area contributed by atoms with Crippen LogP contribution in [0.1, 0.15) is 93.4 Å². The summed E-state index contributed by atoms with van der Waals surface area (Å²) in [5.74, 6) is -0.326. The van der Waals surface area contributed by atoms with Crippen LogP contribution in [0.15, 0.2) is 36.4 Å². The number of allylic oxidation sites excluding steroid dienone is 1. The lowest BCUT2D eigenvalue weighted by molar-refractivity contribution is -0.139. The quantitative estimate of drug-likeness (QED) is 0.276. The molecule has 2 unspecified atom stereocenters. The monoisotopic (exact) mass is 526 g/mol. The molecule has 1 aromatic rings. The second-order valence-electron chi connectivity index (χ2n) is 14.2. The molecular formula is C32H50N2O4. The topological polar surface area (TPSA) is 70.1 Å².